The SMILES string of the molecule is N#Cc1ccc(C(=N)c2ccccc2NCc2cccc(-n3c4ccccc4c4ccc5c6ccccc6sc5c43)c2)cc1. The quantitative estimate of drug-likeness (QED) is 0.192. The van der Waals surface area contributed by atoms with Gasteiger partial charge in [0, 0.05) is 55.3 Å². The van der Waals surface area contributed by atoms with Crippen molar-refractivity contribution in [2.45, 2.75) is 6.54 Å². The van der Waals surface area contributed by atoms with Crippen LogP contribution in [0.1, 0.15) is 22.3 Å². The lowest BCUT2D eigenvalue weighted by molar-refractivity contribution is 1.11. The molecular weight excluding hydrogens is 557 g/mol. The third-order valence-corrected chi connectivity index (χ3v) is 9.52. The van der Waals surface area contributed by atoms with Gasteiger partial charge in [-0.05, 0) is 48.0 Å². The van der Waals surface area contributed by atoms with E-state index in [1.165, 1.54) is 42.0 Å². The van der Waals surface area contributed by atoms with Crippen molar-refractivity contribution in [1.82, 2.24) is 4.57 Å². The topological polar surface area (TPSA) is 64.6 Å². The smallest absolute Gasteiger partial charge is 0.0991 e. The summed E-state index contributed by atoms with van der Waals surface area (Å²) in [7, 11) is 0. The summed E-state index contributed by atoms with van der Waals surface area (Å²) in [6.07, 6.45) is 0. The number of thiophene rings is 1. The Hall–Kier alpha value is -5.70. The first-order chi connectivity index (χ1) is 21.7. The summed E-state index contributed by atoms with van der Waals surface area (Å²) >= 11 is 1.86. The molecule has 0 saturated heterocycles. The predicted molar refractivity (Wildman–Crippen MR) is 185 cm³/mol. The van der Waals surface area contributed by atoms with Crippen molar-refractivity contribution < 1.29 is 0 Å². The van der Waals surface area contributed by atoms with E-state index in [1.807, 2.05) is 47.7 Å². The Labute approximate surface area is 258 Å². The largest absolute Gasteiger partial charge is 0.380 e. The third-order valence-electron chi connectivity index (χ3n) is 8.33. The molecule has 0 bridgehead atoms. The fraction of sp³-hybridized carbons (Fsp3) is 0.0256. The maximum atomic E-state index is 9.15. The standard InChI is InChI=1S/C39H26N4S/c40-23-25-16-18-27(19-17-25)37(41)33-12-1-4-13-34(33)42-24-26-8-7-9-28(22-26)43-35-14-5-2-10-29(35)31-20-21-32-30-11-3-6-15-36(30)44-39(32)38(31)43/h1-22,41-42H,24H2. The molecule has 0 fully saturated rings. The molecule has 0 spiro atoms. The molecule has 44 heavy (non-hydrogen) atoms. The zero-order chi connectivity index (χ0) is 29.6. The van der Waals surface area contributed by atoms with Gasteiger partial charge in [-0.1, -0.05) is 91.0 Å². The van der Waals surface area contributed by atoms with Crippen molar-refractivity contribution in [2.75, 3.05) is 5.32 Å². The number of nitrogens with one attached hydrogen (secondary N) is 2. The number of fused-ring (bicyclic) bond motifs is 7. The molecule has 0 radical (unpaired) electrons. The summed E-state index contributed by atoms with van der Waals surface area (Å²) < 4.78 is 5.02. The molecule has 2 aromatic heterocycles. The highest BCUT2D eigenvalue weighted by atomic mass is 32.1. The number of benzene rings is 6. The lowest BCUT2D eigenvalue weighted by Crippen LogP contribution is -2.08. The van der Waals surface area contributed by atoms with E-state index in [2.05, 4.69) is 101 Å². The van der Waals surface area contributed by atoms with Crippen LogP contribution in [0.4, 0.5) is 5.69 Å². The zero-order valence-electron chi connectivity index (χ0n) is 23.7. The minimum Gasteiger partial charge on any atom is -0.380 e. The number of aromatic nitrogens is 1. The van der Waals surface area contributed by atoms with E-state index < -0.39 is 0 Å². The minimum atomic E-state index is 0.420. The molecule has 2 heterocycles. The van der Waals surface area contributed by atoms with Crippen molar-refractivity contribution in [2.24, 2.45) is 0 Å². The van der Waals surface area contributed by atoms with Gasteiger partial charge in [0.15, 0.2) is 0 Å². The van der Waals surface area contributed by atoms with Crippen LogP contribution in [0.5, 0.6) is 0 Å². The monoisotopic (exact) mass is 582 g/mol. The van der Waals surface area contributed by atoms with E-state index in [1.54, 1.807) is 12.1 Å². The Morgan fingerprint density at radius 2 is 1.48 bits per heavy atom. The lowest BCUT2D eigenvalue weighted by Gasteiger charge is -2.15. The number of hydrogen-bond donors (Lipinski definition) is 2. The molecule has 8 rings (SSSR count). The molecule has 0 aliphatic carbocycles. The highest BCUT2D eigenvalue weighted by Gasteiger charge is 2.18. The molecular formula is C39H26N4S. The Balaban J connectivity index is 1.19. The van der Waals surface area contributed by atoms with Gasteiger partial charge in [-0.15, -0.1) is 11.3 Å². The summed E-state index contributed by atoms with van der Waals surface area (Å²) in [4.78, 5) is 0. The zero-order valence-corrected chi connectivity index (χ0v) is 24.5. The second-order valence-electron chi connectivity index (χ2n) is 10.9. The van der Waals surface area contributed by atoms with E-state index in [0.29, 0.717) is 17.8 Å². The first-order valence-corrected chi connectivity index (χ1v) is 15.4. The van der Waals surface area contributed by atoms with Crippen LogP contribution in [0.15, 0.2) is 133 Å². The highest BCUT2D eigenvalue weighted by Crippen LogP contribution is 2.42. The van der Waals surface area contributed by atoms with Crippen LogP contribution < -0.4 is 5.32 Å². The van der Waals surface area contributed by atoms with Gasteiger partial charge in [-0.3, -0.25) is 5.41 Å². The van der Waals surface area contributed by atoms with Crippen molar-refractivity contribution in [3.05, 3.63) is 156 Å². The number of rotatable bonds is 6. The first-order valence-electron chi connectivity index (χ1n) is 14.5. The Kier molecular flexibility index (Phi) is 6.22. The summed E-state index contributed by atoms with van der Waals surface area (Å²) in [6, 6.07) is 47.9. The molecule has 4 nitrogen and oxygen atoms in total. The second-order valence-corrected chi connectivity index (χ2v) is 12.0. The molecule has 2 N–H and O–H groups in total. The summed E-state index contributed by atoms with van der Waals surface area (Å²) in [5.74, 6) is 0. The lowest BCUT2D eigenvalue weighted by atomic mass is 9.99. The van der Waals surface area contributed by atoms with Gasteiger partial charge in [0.2, 0.25) is 0 Å². The van der Waals surface area contributed by atoms with E-state index in [9.17, 15) is 0 Å². The molecule has 0 atom stereocenters. The maximum absolute atomic E-state index is 9.15. The fourth-order valence-corrected chi connectivity index (χ4v) is 7.46. The maximum Gasteiger partial charge on any atom is 0.0991 e. The number of nitriles is 1. The van der Waals surface area contributed by atoms with Gasteiger partial charge in [-0.2, -0.15) is 5.26 Å². The van der Waals surface area contributed by atoms with E-state index in [-0.39, 0.29) is 0 Å². The van der Waals surface area contributed by atoms with Gasteiger partial charge in [-0.25, -0.2) is 0 Å². The number of nitrogens with zero attached hydrogens (tertiary/aromatic N) is 2. The van der Waals surface area contributed by atoms with Crippen LogP contribution in [0.2, 0.25) is 0 Å². The van der Waals surface area contributed by atoms with E-state index in [0.717, 1.165) is 28.1 Å². The normalized spacial score (nSPS) is 11.3. The first kappa shape index (κ1) is 26.0. The molecule has 0 aliphatic rings. The van der Waals surface area contributed by atoms with Gasteiger partial charge in [0.1, 0.15) is 0 Å². The molecule has 8 aromatic rings. The van der Waals surface area contributed by atoms with Crippen molar-refractivity contribution in [1.29, 1.82) is 10.7 Å². The van der Waals surface area contributed by atoms with Crippen LogP contribution in [0, 0.1) is 16.7 Å². The Bertz CT molecular complexity index is 2420. The van der Waals surface area contributed by atoms with Crippen molar-refractivity contribution in [3.63, 3.8) is 0 Å². The number of hydrogen-bond acceptors (Lipinski definition) is 4. The van der Waals surface area contributed by atoms with Crippen LogP contribution in [0.25, 0.3) is 47.7 Å². The van der Waals surface area contributed by atoms with E-state index >= 15 is 0 Å². The average Bonchev–Trinajstić information content (AvgIpc) is 3.63. The number of para-hydroxylation sites is 2. The van der Waals surface area contributed by atoms with Crippen molar-refractivity contribution >= 4 is 64.7 Å². The summed E-state index contributed by atoms with van der Waals surface area (Å²) in [5.41, 5.74) is 8.22. The van der Waals surface area contributed by atoms with Crippen molar-refractivity contribution in [3.8, 4) is 11.8 Å². The van der Waals surface area contributed by atoms with Gasteiger partial charge >= 0.3 is 0 Å². The summed E-state index contributed by atoms with van der Waals surface area (Å²) in [5, 5.41) is 26.7. The predicted octanol–water partition coefficient (Wildman–Crippen LogP) is 10.1. The van der Waals surface area contributed by atoms with Crippen LogP contribution >= 0.6 is 11.3 Å². The fourth-order valence-electron chi connectivity index (χ4n) is 6.22. The highest BCUT2D eigenvalue weighted by molar-refractivity contribution is 7.26. The van der Waals surface area contributed by atoms with Crippen LogP contribution in [-0.4, -0.2) is 10.3 Å². The minimum absolute atomic E-state index is 0.420. The average molecular weight is 583 g/mol. The molecule has 6 aromatic carbocycles. The number of anilines is 1. The van der Waals surface area contributed by atoms with E-state index in [4.69, 9.17) is 10.7 Å². The third kappa shape index (κ3) is 4.24. The second kappa shape index (κ2) is 10.5. The molecule has 208 valence electrons. The molecule has 0 unspecified atom stereocenters. The Morgan fingerprint density at radius 3 is 2.34 bits per heavy atom. The summed E-state index contributed by atoms with van der Waals surface area (Å²) in [6.45, 7) is 0.612. The van der Waals surface area contributed by atoms with Gasteiger partial charge in [0.25, 0.3) is 0 Å². The Morgan fingerprint density at radius 1 is 0.727 bits per heavy atom. The molecule has 5 heteroatoms. The molecule has 0 amide bonds. The molecule has 0 aliphatic heterocycles. The van der Waals surface area contributed by atoms with Crippen LogP contribution in [-0.2, 0) is 6.54 Å². The van der Waals surface area contributed by atoms with Crippen LogP contribution in [0.3, 0.4) is 0 Å². The van der Waals surface area contributed by atoms with Gasteiger partial charge < -0.3 is 9.88 Å². The van der Waals surface area contributed by atoms with Gasteiger partial charge in [0.05, 0.1) is 33.1 Å². The molecule has 0 saturated carbocycles.